The molecule has 0 fully saturated rings. The minimum atomic E-state index is -4.25. The third-order valence-corrected chi connectivity index (χ3v) is 4.12. The average Bonchev–Trinajstić information content (AvgIpc) is 2.64. The molecule has 0 bridgehead atoms. The first-order chi connectivity index (χ1) is 13.0. The fourth-order valence-corrected chi connectivity index (χ4v) is 2.48. The quantitative estimate of drug-likeness (QED) is 0.374. The summed E-state index contributed by atoms with van der Waals surface area (Å²) in [5.41, 5.74) is 6.32. The van der Waals surface area contributed by atoms with Crippen molar-refractivity contribution < 1.29 is 31.5 Å². The second-order valence-electron chi connectivity index (χ2n) is 6.43. The van der Waals surface area contributed by atoms with E-state index in [1.54, 1.807) is 19.1 Å². The predicted octanol–water partition coefficient (Wildman–Crippen LogP) is 5.23. The fourth-order valence-electron chi connectivity index (χ4n) is 2.48. The lowest BCUT2D eigenvalue weighted by atomic mass is 9.94. The number of carbonyl (C=O) groups is 1. The van der Waals surface area contributed by atoms with Gasteiger partial charge in [-0.15, -0.1) is 0 Å². The molecule has 2 rings (SSSR count). The summed E-state index contributed by atoms with van der Waals surface area (Å²) in [6, 6.07) is 9.05. The number of halogens is 5. The van der Waals surface area contributed by atoms with Gasteiger partial charge in [0.2, 0.25) is 5.78 Å². The minimum absolute atomic E-state index is 0.00750. The maximum atomic E-state index is 14.5. The number of benzene rings is 2. The van der Waals surface area contributed by atoms with Crippen molar-refractivity contribution in [2.45, 2.75) is 37.9 Å². The van der Waals surface area contributed by atoms with Crippen LogP contribution in [0.15, 0.2) is 48.5 Å². The van der Waals surface area contributed by atoms with Crippen LogP contribution in [0.1, 0.15) is 40.4 Å². The van der Waals surface area contributed by atoms with Crippen molar-refractivity contribution in [1.29, 1.82) is 0 Å². The maximum absolute atomic E-state index is 14.5. The third kappa shape index (κ3) is 5.76. The summed E-state index contributed by atoms with van der Waals surface area (Å²) >= 11 is 0. The zero-order valence-corrected chi connectivity index (χ0v) is 15.1. The summed E-state index contributed by atoms with van der Waals surface area (Å²) in [5.74, 6) is -4.98. The molecule has 0 heterocycles. The average molecular weight is 401 g/mol. The van der Waals surface area contributed by atoms with Crippen LogP contribution in [0, 0.1) is 6.92 Å². The highest BCUT2D eigenvalue weighted by molar-refractivity contribution is 6.02. The minimum Gasteiger partial charge on any atom is -0.494 e. The molecule has 0 aliphatic rings. The van der Waals surface area contributed by atoms with E-state index >= 15 is 0 Å². The fraction of sp³-hybridized carbons (Fsp3) is 0.350. The van der Waals surface area contributed by atoms with Gasteiger partial charge in [0.25, 0.3) is 0 Å². The number of nitrogens with two attached hydrogens (primary N) is 1. The van der Waals surface area contributed by atoms with Gasteiger partial charge in [0.15, 0.2) is 0 Å². The highest BCUT2D eigenvalue weighted by Gasteiger charge is 2.46. The molecular weight excluding hydrogens is 381 g/mol. The van der Waals surface area contributed by atoms with Crippen molar-refractivity contribution >= 4 is 5.78 Å². The molecule has 28 heavy (non-hydrogen) atoms. The lowest BCUT2D eigenvalue weighted by Gasteiger charge is -2.23. The van der Waals surface area contributed by atoms with E-state index in [2.05, 4.69) is 0 Å². The van der Waals surface area contributed by atoms with Crippen molar-refractivity contribution in [2.75, 3.05) is 6.61 Å². The molecule has 1 unspecified atom stereocenters. The molecule has 0 spiro atoms. The smallest absolute Gasteiger partial charge is 0.389 e. The Labute approximate surface area is 159 Å². The van der Waals surface area contributed by atoms with Gasteiger partial charge in [0, 0.05) is 12.0 Å². The molecule has 0 radical (unpaired) electrons. The van der Waals surface area contributed by atoms with Crippen LogP contribution < -0.4 is 10.5 Å². The van der Waals surface area contributed by atoms with E-state index in [0.717, 1.165) is 5.56 Å². The second-order valence-corrected chi connectivity index (χ2v) is 6.43. The van der Waals surface area contributed by atoms with Crippen LogP contribution in [0.5, 0.6) is 5.75 Å². The third-order valence-electron chi connectivity index (χ3n) is 4.12. The zero-order chi connectivity index (χ0) is 20.9. The Kier molecular flexibility index (Phi) is 6.77. The lowest BCUT2D eigenvalue weighted by molar-refractivity contribution is -0.136. The normalized spacial score (nSPS) is 13.2. The standard InChI is InChI=1S/C20H20F5NO2/c1-13-3-5-15(6-4-13)18(27)20(24,25)17(26)14-7-9-16(10-8-14)28-12-2-11-19(21,22)23/h3-10,17H,2,11-12,26H2,1H3. The van der Waals surface area contributed by atoms with Gasteiger partial charge in [-0.1, -0.05) is 42.0 Å². The molecule has 0 saturated carbocycles. The van der Waals surface area contributed by atoms with E-state index in [4.69, 9.17) is 10.5 Å². The number of rotatable bonds is 8. The summed E-state index contributed by atoms with van der Waals surface area (Å²) in [4.78, 5) is 12.2. The summed E-state index contributed by atoms with van der Waals surface area (Å²) in [5, 5.41) is 0. The van der Waals surface area contributed by atoms with Crippen LogP contribution in [0.3, 0.4) is 0 Å². The summed E-state index contributed by atoms with van der Waals surface area (Å²) in [7, 11) is 0. The van der Waals surface area contributed by atoms with E-state index in [0.29, 0.717) is 0 Å². The Morgan fingerprint density at radius 2 is 1.57 bits per heavy atom. The first kappa shape index (κ1) is 21.8. The predicted molar refractivity (Wildman–Crippen MR) is 94.6 cm³/mol. The van der Waals surface area contributed by atoms with Gasteiger partial charge in [-0.2, -0.15) is 22.0 Å². The van der Waals surface area contributed by atoms with Crippen molar-refractivity contribution in [1.82, 2.24) is 0 Å². The molecule has 8 heteroatoms. The van der Waals surface area contributed by atoms with Crippen molar-refractivity contribution in [3.05, 3.63) is 65.2 Å². The van der Waals surface area contributed by atoms with Crippen LogP contribution in [-0.2, 0) is 0 Å². The van der Waals surface area contributed by atoms with Gasteiger partial charge in [0.05, 0.1) is 6.61 Å². The van der Waals surface area contributed by atoms with Crippen molar-refractivity contribution in [2.24, 2.45) is 5.73 Å². The first-order valence-corrected chi connectivity index (χ1v) is 8.55. The number of ether oxygens (including phenoxy) is 1. The summed E-state index contributed by atoms with van der Waals surface area (Å²) in [6.07, 6.45) is -5.44. The second kappa shape index (κ2) is 8.68. The number of alkyl halides is 5. The van der Waals surface area contributed by atoms with Gasteiger partial charge >= 0.3 is 12.1 Å². The molecule has 0 aliphatic carbocycles. The highest BCUT2D eigenvalue weighted by atomic mass is 19.4. The molecule has 3 nitrogen and oxygen atoms in total. The van der Waals surface area contributed by atoms with E-state index in [-0.39, 0.29) is 29.9 Å². The number of ketones is 1. The van der Waals surface area contributed by atoms with E-state index in [1.807, 2.05) is 0 Å². The van der Waals surface area contributed by atoms with Gasteiger partial charge in [-0.25, -0.2) is 0 Å². The van der Waals surface area contributed by atoms with E-state index < -0.39 is 30.3 Å². The molecule has 2 aromatic carbocycles. The van der Waals surface area contributed by atoms with Crippen molar-refractivity contribution in [3.8, 4) is 5.75 Å². The molecule has 0 saturated heterocycles. The summed E-state index contributed by atoms with van der Waals surface area (Å²) < 4.78 is 70.4. The van der Waals surface area contributed by atoms with Crippen LogP contribution in [0.2, 0.25) is 0 Å². The maximum Gasteiger partial charge on any atom is 0.389 e. The molecule has 152 valence electrons. The van der Waals surface area contributed by atoms with Gasteiger partial charge in [-0.05, 0) is 31.0 Å². The monoisotopic (exact) mass is 401 g/mol. The Bertz CT molecular complexity index is 786. The number of hydrogen-bond acceptors (Lipinski definition) is 3. The SMILES string of the molecule is Cc1ccc(C(=O)C(F)(F)C(N)c2ccc(OCCCC(F)(F)F)cc2)cc1. The lowest BCUT2D eigenvalue weighted by Crippen LogP contribution is -2.40. The Balaban J connectivity index is 2.01. The number of Topliss-reactive ketones (excluding diaryl/α,β-unsaturated/α-hetero) is 1. The number of carbonyl (C=O) groups excluding carboxylic acids is 1. The largest absolute Gasteiger partial charge is 0.494 e. The van der Waals surface area contributed by atoms with E-state index in [9.17, 15) is 26.7 Å². The van der Waals surface area contributed by atoms with Crippen molar-refractivity contribution in [3.63, 3.8) is 0 Å². The van der Waals surface area contributed by atoms with E-state index in [1.165, 1.54) is 36.4 Å². The highest BCUT2D eigenvalue weighted by Crippen LogP contribution is 2.33. The molecular formula is C20H20F5NO2. The Hall–Kier alpha value is -2.48. The first-order valence-electron chi connectivity index (χ1n) is 8.55. The van der Waals surface area contributed by atoms with Crippen LogP contribution in [0.25, 0.3) is 0 Å². The molecule has 0 aromatic heterocycles. The van der Waals surface area contributed by atoms with Gasteiger partial charge in [0.1, 0.15) is 11.8 Å². The van der Waals surface area contributed by atoms with Crippen LogP contribution >= 0.6 is 0 Å². The Morgan fingerprint density at radius 1 is 1.00 bits per heavy atom. The molecule has 2 aromatic rings. The Morgan fingerprint density at radius 3 is 2.11 bits per heavy atom. The molecule has 1 atom stereocenters. The summed E-state index contributed by atoms with van der Waals surface area (Å²) in [6.45, 7) is 1.61. The number of hydrogen-bond donors (Lipinski definition) is 1. The molecule has 0 amide bonds. The molecule has 2 N–H and O–H groups in total. The number of aryl methyl sites for hydroxylation is 1. The molecule has 0 aliphatic heterocycles. The van der Waals surface area contributed by atoms with Gasteiger partial charge in [-0.3, -0.25) is 4.79 Å². The van der Waals surface area contributed by atoms with Crippen LogP contribution in [0.4, 0.5) is 22.0 Å². The zero-order valence-electron chi connectivity index (χ0n) is 15.1. The topological polar surface area (TPSA) is 52.3 Å². The van der Waals surface area contributed by atoms with Gasteiger partial charge < -0.3 is 10.5 Å². The van der Waals surface area contributed by atoms with Crippen LogP contribution in [-0.4, -0.2) is 24.5 Å².